The Hall–Kier alpha value is -1.06. The number of thiazole rings is 1. The lowest BCUT2D eigenvalue weighted by molar-refractivity contribution is 0.301. The lowest BCUT2D eigenvalue weighted by Crippen LogP contribution is -1.99. The van der Waals surface area contributed by atoms with E-state index in [0.29, 0.717) is 12.5 Å². The number of hydrogen-bond donors (Lipinski definition) is 0. The summed E-state index contributed by atoms with van der Waals surface area (Å²) in [4.78, 5) is 4.38. The highest BCUT2D eigenvalue weighted by Crippen LogP contribution is 2.26. The van der Waals surface area contributed by atoms with E-state index in [9.17, 15) is 0 Å². The van der Waals surface area contributed by atoms with Gasteiger partial charge in [-0.2, -0.15) is 0 Å². The van der Waals surface area contributed by atoms with Crippen LogP contribution in [0.15, 0.2) is 17.5 Å². The van der Waals surface area contributed by atoms with Crippen molar-refractivity contribution in [2.75, 3.05) is 0 Å². The number of aryl methyl sites for hydroxylation is 3. The summed E-state index contributed by atoms with van der Waals surface area (Å²) in [6.07, 6.45) is 0. The molecule has 0 radical (unpaired) electrons. The van der Waals surface area contributed by atoms with E-state index in [-0.39, 0.29) is 0 Å². The van der Waals surface area contributed by atoms with E-state index >= 15 is 0 Å². The minimum absolute atomic E-state index is 0.457. The number of hydrogen-bond acceptors (Lipinski definition) is 3. The van der Waals surface area contributed by atoms with Gasteiger partial charge < -0.3 is 4.74 Å². The molecule has 1 aromatic heterocycles. The number of ether oxygens (including phenoxy) is 1. The standard InChI is InChI=1S/C14H16ClNOS/c1-9-4-10(2)14(11(3)5-9)17-7-13-16-12(6-15)8-18-13/h4-5,8H,6-7H2,1-3H3. The fourth-order valence-corrected chi connectivity index (χ4v) is 2.94. The van der Waals surface area contributed by atoms with Crippen molar-refractivity contribution in [3.8, 4) is 5.75 Å². The Bertz CT molecular complexity index is 527. The molecule has 0 atom stereocenters. The molecule has 96 valence electrons. The molecule has 1 heterocycles. The average molecular weight is 282 g/mol. The number of benzene rings is 1. The van der Waals surface area contributed by atoms with Crippen LogP contribution in [0.1, 0.15) is 27.4 Å². The predicted molar refractivity (Wildman–Crippen MR) is 76.7 cm³/mol. The highest BCUT2D eigenvalue weighted by molar-refractivity contribution is 7.09. The molecule has 1 aromatic carbocycles. The van der Waals surface area contributed by atoms with Crippen molar-refractivity contribution in [2.24, 2.45) is 0 Å². The minimum atomic E-state index is 0.457. The Morgan fingerprint density at radius 2 is 1.89 bits per heavy atom. The first-order valence-corrected chi connectivity index (χ1v) is 7.21. The van der Waals surface area contributed by atoms with Crippen molar-refractivity contribution >= 4 is 22.9 Å². The number of alkyl halides is 1. The van der Waals surface area contributed by atoms with Crippen LogP contribution in [-0.2, 0) is 12.5 Å². The van der Waals surface area contributed by atoms with Gasteiger partial charge in [0.05, 0.1) is 11.6 Å². The topological polar surface area (TPSA) is 22.1 Å². The first kappa shape index (κ1) is 13.4. The van der Waals surface area contributed by atoms with Gasteiger partial charge in [0.15, 0.2) is 0 Å². The molecule has 0 unspecified atom stereocenters. The normalized spacial score (nSPS) is 10.7. The van der Waals surface area contributed by atoms with E-state index in [1.54, 1.807) is 11.3 Å². The molecule has 0 aliphatic rings. The van der Waals surface area contributed by atoms with Gasteiger partial charge in [0.1, 0.15) is 17.4 Å². The maximum Gasteiger partial charge on any atom is 0.140 e. The third kappa shape index (κ3) is 3.03. The van der Waals surface area contributed by atoms with Crippen LogP contribution < -0.4 is 4.74 Å². The lowest BCUT2D eigenvalue weighted by Gasteiger charge is -2.11. The molecule has 0 saturated heterocycles. The smallest absolute Gasteiger partial charge is 0.140 e. The Morgan fingerprint density at radius 1 is 1.22 bits per heavy atom. The van der Waals surface area contributed by atoms with Crippen LogP contribution in [0.5, 0.6) is 5.75 Å². The third-order valence-corrected chi connectivity index (χ3v) is 3.83. The van der Waals surface area contributed by atoms with E-state index in [2.05, 4.69) is 37.9 Å². The van der Waals surface area contributed by atoms with Crippen LogP contribution in [0.4, 0.5) is 0 Å². The Kier molecular flexibility index (Phi) is 4.25. The van der Waals surface area contributed by atoms with Crippen molar-refractivity contribution in [1.82, 2.24) is 4.98 Å². The van der Waals surface area contributed by atoms with Crippen molar-refractivity contribution in [2.45, 2.75) is 33.3 Å². The predicted octanol–water partition coefficient (Wildman–Crippen LogP) is 4.39. The van der Waals surface area contributed by atoms with Crippen LogP contribution in [0, 0.1) is 20.8 Å². The van der Waals surface area contributed by atoms with E-state index in [4.69, 9.17) is 16.3 Å². The molecular formula is C14H16ClNOS. The van der Waals surface area contributed by atoms with Crippen molar-refractivity contribution in [3.63, 3.8) is 0 Å². The molecule has 0 aliphatic carbocycles. The average Bonchev–Trinajstić information content (AvgIpc) is 2.75. The van der Waals surface area contributed by atoms with Crippen LogP contribution in [-0.4, -0.2) is 4.98 Å². The third-order valence-electron chi connectivity index (χ3n) is 2.68. The van der Waals surface area contributed by atoms with Gasteiger partial charge in [-0.3, -0.25) is 0 Å². The summed E-state index contributed by atoms with van der Waals surface area (Å²) in [5.74, 6) is 1.42. The van der Waals surface area contributed by atoms with E-state index in [1.165, 1.54) is 16.7 Å². The summed E-state index contributed by atoms with van der Waals surface area (Å²) in [5.41, 5.74) is 4.51. The molecule has 4 heteroatoms. The van der Waals surface area contributed by atoms with Gasteiger partial charge in [-0.25, -0.2) is 4.98 Å². The summed E-state index contributed by atoms with van der Waals surface area (Å²) < 4.78 is 5.87. The summed E-state index contributed by atoms with van der Waals surface area (Å²) in [6.45, 7) is 6.74. The number of nitrogens with zero attached hydrogens (tertiary/aromatic N) is 1. The van der Waals surface area contributed by atoms with Gasteiger partial charge in [0.25, 0.3) is 0 Å². The second-order valence-corrected chi connectivity index (χ2v) is 5.59. The molecular weight excluding hydrogens is 266 g/mol. The summed E-state index contributed by atoms with van der Waals surface area (Å²) >= 11 is 7.32. The first-order chi connectivity index (χ1) is 8.60. The largest absolute Gasteiger partial charge is 0.486 e. The van der Waals surface area contributed by atoms with Gasteiger partial charge in [0, 0.05) is 5.38 Å². The summed E-state index contributed by atoms with van der Waals surface area (Å²) in [6, 6.07) is 4.27. The second kappa shape index (κ2) is 5.72. The van der Waals surface area contributed by atoms with E-state index in [1.807, 2.05) is 5.38 Å². The maximum atomic E-state index is 5.87. The van der Waals surface area contributed by atoms with E-state index in [0.717, 1.165) is 16.5 Å². The number of halogens is 1. The molecule has 2 rings (SSSR count). The number of rotatable bonds is 4. The van der Waals surface area contributed by atoms with Gasteiger partial charge in [-0.1, -0.05) is 17.7 Å². The molecule has 18 heavy (non-hydrogen) atoms. The first-order valence-electron chi connectivity index (χ1n) is 5.80. The second-order valence-electron chi connectivity index (χ2n) is 4.38. The molecule has 2 nitrogen and oxygen atoms in total. The highest BCUT2D eigenvalue weighted by atomic mass is 35.5. The fourth-order valence-electron chi connectivity index (χ4n) is 2.00. The molecule has 0 fully saturated rings. The van der Waals surface area contributed by atoms with Crippen molar-refractivity contribution in [1.29, 1.82) is 0 Å². The maximum absolute atomic E-state index is 5.87. The SMILES string of the molecule is Cc1cc(C)c(OCc2nc(CCl)cs2)c(C)c1. The van der Waals surface area contributed by atoms with Crippen LogP contribution >= 0.6 is 22.9 Å². The fraction of sp³-hybridized carbons (Fsp3) is 0.357. The van der Waals surface area contributed by atoms with Crippen molar-refractivity contribution in [3.05, 3.63) is 44.9 Å². The molecule has 0 aliphatic heterocycles. The van der Waals surface area contributed by atoms with E-state index < -0.39 is 0 Å². The van der Waals surface area contributed by atoms with Crippen LogP contribution in [0.2, 0.25) is 0 Å². The molecule has 0 bridgehead atoms. The molecule has 2 aromatic rings. The highest BCUT2D eigenvalue weighted by Gasteiger charge is 2.07. The summed E-state index contributed by atoms with van der Waals surface area (Å²) in [5, 5.41) is 2.94. The summed E-state index contributed by atoms with van der Waals surface area (Å²) in [7, 11) is 0. The lowest BCUT2D eigenvalue weighted by atomic mass is 10.1. The van der Waals surface area contributed by atoms with Gasteiger partial charge >= 0.3 is 0 Å². The number of aromatic nitrogens is 1. The zero-order valence-electron chi connectivity index (χ0n) is 10.8. The monoisotopic (exact) mass is 281 g/mol. The van der Waals surface area contributed by atoms with Crippen LogP contribution in [0.3, 0.4) is 0 Å². The Morgan fingerprint density at radius 3 is 2.44 bits per heavy atom. The molecule has 0 saturated carbocycles. The zero-order chi connectivity index (χ0) is 13.1. The quantitative estimate of drug-likeness (QED) is 0.776. The Balaban J connectivity index is 2.10. The van der Waals surface area contributed by atoms with Gasteiger partial charge in [-0.15, -0.1) is 22.9 Å². The molecule has 0 amide bonds. The van der Waals surface area contributed by atoms with Gasteiger partial charge in [0.2, 0.25) is 0 Å². The van der Waals surface area contributed by atoms with Crippen molar-refractivity contribution < 1.29 is 4.74 Å². The minimum Gasteiger partial charge on any atom is -0.486 e. The molecule has 0 spiro atoms. The van der Waals surface area contributed by atoms with Crippen LogP contribution in [0.25, 0.3) is 0 Å². The zero-order valence-corrected chi connectivity index (χ0v) is 12.4. The van der Waals surface area contributed by atoms with Gasteiger partial charge in [-0.05, 0) is 31.9 Å². The molecule has 0 N–H and O–H groups in total. The Labute approximate surface area is 117 Å².